The van der Waals surface area contributed by atoms with Gasteiger partial charge in [-0.2, -0.15) is 0 Å². The first kappa shape index (κ1) is 31.6. The molecule has 0 aliphatic rings. The summed E-state index contributed by atoms with van der Waals surface area (Å²) in [5, 5.41) is 4.90. The van der Waals surface area contributed by atoms with Crippen LogP contribution in [0.4, 0.5) is 17.1 Å². The van der Waals surface area contributed by atoms with E-state index in [1.807, 2.05) is 0 Å². The zero-order valence-electron chi connectivity index (χ0n) is 29.7. The molecular formula is C52H36N2. The summed E-state index contributed by atoms with van der Waals surface area (Å²) in [6, 6.07) is 78.9. The van der Waals surface area contributed by atoms with Gasteiger partial charge in [0.25, 0.3) is 0 Å². The molecule has 254 valence electrons. The smallest absolute Gasteiger partial charge is 0.0782 e. The molecule has 0 aliphatic carbocycles. The van der Waals surface area contributed by atoms with Gasteiger partial charge in [-0.25, -0.2) is 0 Å². The van der Waals surface area contributed by atoms with Crippen LogP contribution in [0.2, 0.25) is 0 Å². The van der Waals surface area contributed by atoms with Crippen molar-refractivity contribution in [2.75, 3.05) is 4.90 Å². The zero-order chi connectivity index (χ0) is 35.8. The molecule has 0 unspecified atom stereocenters. The van der Waals surface area contributed by atoms with Crippen LogP contribution in [-0.4, -0.2) is 4.57 Å². The minimum atomic E-state index is 1.09. The van der Waals surface area contributed by atoms with E-state index in [2.05, 4.69) is 228 Å². The number of aromatic nitrogens is 1. The molecule has 0 saturated heterocycles. The van der Waals surface area contributed by atoms with E-state index < -0.39 is 0 Å². The monoisotopic (exact) mass is 688 g/mol. The first-order chi connectivity index (χ1) is 26.8. The second-order valence-corrected chi connectivity index (χ2v) is 13.7. The van der Waals surface area contributed by atoms with Crippen molar-refractivity contribution in [2.45, 2.75) is 0 Å². The number of rotatable bonds is 7. The van der Waals surface area contributed by atoms with Crippen LogP contribution in [0.15, 0.2) is 218 Å². The number of para-hydroxylation sites is 2. The summed E-state index contributed by atoms with van der Waals surface area (Å²) < 4.78 is 2.50. The van der Waals surface area contributed by atoms with Crippen LogP contribution in [-0.2, 0) is 0 Å². The van der Waals surface area contributed by atoms with Gasteiger partial charge in [0, 0.05) is 33.2 Å². The largest absolute Gasteiger partial charge is 0.308 e. The van der Waals surface area contributed by atoms with E-state index in [0.29, 0.717) is 0 Å². The van der Waals surface area contributed by atoms with E-state index in [1.54, 1.807) is 0 Å². The van der Waals surface area contributed by atoms with Crippen LogP contribution in [0.25, 0.3) is 71.6 Å². The predicted octanol–water partition coefficient (Wildman–Crippen LogP) is 14.4. The lowest BCUT2D eigenvalue weighted by molar-refractivity contribution is 1.17. The maximum Gasteiger partial charge on any atom is 0.0782 e. The number of hydrogen-bond donors (Lipinski definition) is 0. The molecule has 0 saturated carbocycles. The minimum Gasteiger partial charge on any atom is -0.308 e. The lowest BCUT2D eigenvalue weighted by Gasteiger charge is -2.28. The molecule has 0 spiro atoms. The first-order valence-electron chi connectivity index (χ1n) is 18.5. The van der Waals surface area contributed by atoms with E-state index in [-0.39, 0.29) is 0 Å². The molecule has 0 amide bonds. The summed E-state index contributed by atoms with van der Waals surface area (Å²) in [4.78, 5) is 2.44. The highest BCUT2D eigenvalue weighted by molar-refractivity contribution is 6.26. The third kappa shape index (κ3) is 5.44. The van der Waals surface area contributed by atoms with Crippen LogP contribution < -0.4 is 4.90 Å². The van der Waals surface area contributed by atoms with Crippen molar-refractivity contribution < 1.29 is 0 Å². The molecule has 10 rings (SSSR count). The van der Waals surface area contributed by atoms with Gasteiger partial charge in [-0.05, 0) is 87.3 Å². The number of fused-ring (bicyclic) bond motifs is 5. The Kier molecular flexibility index (Phi) is 7.85. The molecule has 0 radical (unpaired) electrons. The summed E-state index contributed by atoms with van der Waals surface area (Å²) in [6.45, 7) is 0. The summed E-state index contributed by atoms with van der Waals surface area (Å²) in [5.41, 5.74) is 14.0. The van der Waals surface area contributed by atoms with Gasteiger partial charge < -0.3 is 9.47 Å². The molecule has 1 heterocycles. The maximum absolute atomic E-state index is 2.50. The SMILES string of the molecule is c1ccc(-c2ccc(N(c3cccc(-c4ccccc4)c3)c3cccc4c5c(-c6ccccc6)cc6ccccc6c5n(-c5ccccc5)c34)cc2)cc1. The second kappa shape index (κ2) is 13.4. The zero-order valence-corrected chi connectivity index (χ0v) is 29.7. The molecule has 2 heteroatoms. The predicted molar refractivity (Wildman–Crippen MR) is 229 cm³/mol. The van der Waals surface area contributed by atoms with Crippen molar-refractivity contribution in [2.24, 2.45) is 0 Å². The Morgan fingerprint density at radius 3 is 1.57 bits per heavy atom. The van der Waals surface area contributed by atoms with Crippen molar-refractivity contribution >= 4 is 49.6 Å². The molecule has 0 fully saturated rings. The normalized spacial score (nSPS) is 11.3. The molecule has 10 aromatic rings. The highest BCUT2D eigenvalue weighted by Gasteiger charge is 2.25. The third-order valence-electron chi connectivity index (χ3n) is 10.5. The Morgan fingerprint density at radius 2 is 0.870 bits per heavy atom. The standard InChI is InChI=1S/C52H36N2/c1-5-17-37(18-6-1)39-31-33-44(34-32-39)53(45-27-15-24-41(35-45)38-19-7-2-8-20-38)49-30-16-29-47-50-48(40-21-9-3-10-22-40)36-42-23-13-14-28-46(42)52(50)54(51(47)49)43-25-11-4-12-26-43/h1-36H. The van der Waals surface area contributed by atoms with Crippen LogP contribution in [0.5, 0.6) is 0 Å². The van der Waals surface area contributed by atoms with Crippen LogP contribution in [0, 0.1) is 0 Å². The lowest BCUT2D eigenvalue weighted by atomic mass is 9.95. The Bertz CT molecular complexity index is 2890. The van der Waals surface area contributed by atoms with Gasteiger partial charge in [-0.3, -0.25) is 0 Å². The third-order valence-corrected chi connectivity index (χ3v) is 10.5. The number of hydrogen-bond acceptors (Lipinski definition) is 1. The molecule has 9 aromatic carbocycles. The highest BCUT2D eigenvalue weighted by Crippen LogP contribution is 2.48. The van der Waals surface area contributed by atoms with Gasteiger partial charge in [0.15, 0.2) is 0 Å². The van der Waals surface area contributed by atoms with E-state index in [0.717, 1.165) is 28.3 Å². The van der Waals surface area contributed by atoms with Gasteiger partial charge in [0.1, 0.15) is 0 Å². The van der Waals surface area contributed by atoms with Crippen molar-refractivity contribution in [3.63, 3.8) is 0 Å². The van der Waals surface area contributed by atoms with Gasteiger partial charge in [-0.1, -0.05) is 170 Å². The van der Waals surface area contributed by atoms with Crippen molar-refractivity contribution in [1.29, 1.82) is 0 Å². The number of nitrogens with zero attached hydrogens (tertiary/aromatic N) is 2. The fourth-order valence-corrected chi connectivity index (χ4v) is 8.09. The van der Waals surface area contributed by atoms with Gasteiger partial charge in [-0.15, -0.1) is 0 Å². The fourth-order valence-electron chi connectivity index (χ4n) is 8.09. The molecular weight excluding hydrogens is 653 g/mol. The van der Waals surface area contributed by atoms with E-state index in [9.17, 15) is 0 Å². The Labute approximate surface area is 315 Å². The van der Waals surface area contributed by atoms with Gasteiger partial charge >= 0.3 is 0 Å². The molecule has 1 aromatic heterocycles. The van der Waals surface area contributed by atoms with E-state index in [1.165, 1.54) is 60.4 Å². The lowest BCUT2D eigenvalue weighted by Crippen LogP contribution is -2.12. The fraction of sp³-hybridized carbons (Fsp3) is 0. The Hall–Kier alpha value is -7.16. The summed E-state index contributed by atoms with van der Waals surface area (Å²) in [5.74, 6) is 0. The quantitative estimate of drug-likeness (QED) is 0.162. The molecule has 0 atom stereocenters. The van der Waals surface area contributed by atoms with Crippen molar-refractivity contribution in [1.82, 2.24) is 4.57 Å². The second-order valence-electron chi connectivity index (χ2n) is 13.7. The van der Waals surface area contributed by atoms with Gasteiger partial charge in [0.05, 0.1) is 16.7 Å². The van der Waals surface area contributed by atoms with Crippen LogP contribution in [0.1, 0.15) is 0 Å². The van der Waals surface area contributed by atoms with Crippen LogP contribution >= 0.6 is 0 Å². The molecule has 0 N–H and O–H groups in total. The average Bonchev–Trinajstić information content (AvgIpc) is 3.61. The summed E-state index contributed by atoms with van der Waals surface area (Å²) >= 11 is 0. The number of anilines is 3. The topological polar surface area (TPSA) is 8.17 Å². The highest BCUT2D eigenvalue weighted by atomic mass is 15.2. The molecule has 54 heavy (non-hydrogen) atoms. The number of benzene rings is 9. The van der Waals surface area contributed by atoms with Crippen LogP contribution in [0.3, 0.4) is 0 Å². The van der Waals surface area contributed by atoms with E-state index in [4.69, 9.17) is 0 Å². The minimum absolute atomic E-state index is 1.09. The van der Waals surface area contributed by atoms with Crippen molar-refractivity contribution in [3.8, 4) is 39.1 Å². The maximum atomic E-state index is 2.50. The Balaban J connectivity index is 1.32. The summed E-state index contributed by atoms with van der Waals surface area (Å²) in [7, 11) is 0. The first-order valence-corrected chi connectivity index (χ1v) is 18.5. The van der Waals surface area contributed by atoms with Gasteiger partial charge in [0.2, 0.25) is 0 Å². The average molecular weight is 689 g/mol. The Morgan fingerprint density at radius 1 is 0.333 bits per heavy atom. The summed E-state index contributed by atoms with van der Waals surface area (Å²) in [6.07, 6.45) is 0. The van der Waals surface area contributed by atoms with E-state index >= 15 is 0 Å². The molecule has 0 bridgehead atoms. The van der Waals surface area contributed by atoms with Crippen molar-refractivity contribution in [3.05, 3.63) is 218 Å². The molecule has 2 nitrogen and oxygen atoms in total. The molecule has 0 aliphatic heterocycles.